The molecule has 9 nitrogen and oxygen atoms in total. The molecule has 2 aliphatic heterocycles. The highest BCUT2D eigenvalue weighted by molar-refractivity contribution is 5.78. The number of hydrogen-bond donors (Lipinski definition) is 4. The van der Waals surface area contributed by atoms with Crippen LogP contribution in [-0.4, -0.2) is 89.0 Å². The summed E-state index contributed by atoms with van der Waals surface area (Å²) in [4.78, 5) is 6.92. The van der Waals surface area contributed by atoms with E-state index in [1.54, 1.807) is 7.11 Å². The maximum Gasteiger partial charge on any atom is 0.190 e. The molecule has 3 aliphatic rings. The van der Waals surface area contributed by atoms with E-state index < -0.39 is 0 Å². The molecule has 0 bridgehead atoms. The minimum Gasteiger partial charge on any atom is -0.381 e. The van der Waals surface area contributed by atoms with Gasteiger partial charge in [0.25, 0.3) is 0 Å². The lowest BCUT2D eigenvalue weighted by Crippen LogP contribution is -2.57. The number of likely N-dealkylation sites (N-methyl/N-ethyl adjacent to an activating group) is 1. The quantitative estimate of drug-likeness (QED) is 0.175. The number of nitrogens with one attached hydrogen (secondary N) is 3. The number of nitrogens with zero attached hydrogens (tertiary/aromatic N) is 2. The highest BCUT2D eigenvalue weighted by atomic mass is 16.5. The van der Waals surface area contributed by atoms with Crippen LogP contribution in [0.3, 0.4) is 0 Å². The van der Waals surface area contributed by atoms with Gasteiger partial charge in [-0.3, -0.25) is 10.2 Å². The standard InChI is InChI=1S/C21H36N6O3/c1-15-6-7-24-19(15)20(23-2)26-21(22)25-17-5-4-16(12-18(17)28-3)13-30-14-27-8-10-29-11-9-27/h4-7,16-20,23-24H,1,8-14H2,2-3H3,(H3,22,25,26)/t16-,17?,18-,19?,20?/m1/s1. The summed E-state index contributed by atoms with van der Waals surface area (Å²) in [6.07, 6.45) is 8.76. The van der Waals surface area contributed by atoms with Crippen molar-refractivity contribution >= 4 is 5.96 Å². The number of guanidine groups is 1. The molecule has 1 aliphatic carbocycles. The molecule has 3 rings (SSSR count). The average Bonchev–Trinajstić information content (AvgIpc) is 3.19. The first-order chi connectivity index (χ1) is 14.6. The maximum absolute atomic E-state index is 6.20. The first-order valence-corrected chi connectivity index (χ1v) is 10.6. The first kappa shape index (κ1) is 22.8. The second-order valence-corrected chi connectivity index (χ2v) is 7.85. The van der Waals surface area contributed by atoms with Gasteiger partial charge in [0.2, 0.25) is 0 Å². The molecule has 0 spiro atoms. The lowest BCUT2D eigenvalue weighted by atomic mass is 9.91. The lowest BCUT2D eigenvalue weighted by Gasteiger charge is -2.31. The molecule has 3 unspecified atom stereocenters. The van der Waals surface area contributed by atoms with Crippen LogP contribution < -0.4 is 21.7 Å². The van der Waals surface area contributed by atoms with Crippen LogP contribution in [0.5, 0.6) is 0 Å². The molecule has 168 valence electrons. The van der Waals surface area contributed by atoms with Crippen LogP contribution in [0.1, 0.15) is 6.42 Å². The van der Waals surface area contributed by atoms with Crippen LogP contribution in [0.4, 0.5) is 0 Å². The number of aliphatic imine (C=N–C) groups is 1. The topological polar surface area (TPSA) is 105 Å². The van der Waals surface area contributed by atoms with Crippen molar-refractivity contribution in [3.63, 3.8) is 0 Å². The summed E-state index contributed by atoms with van der Waals surface area (Å²) in [7, 11) is 3.59. The van der Waals surface area contributed by atoms with Crippen molar-refractivity contribution in [2.45, 2.75) is 30.8 Å². The summed E-state index contributed by atoms with van der Waals surface area (Å²) in [6, 6.07) is -0.106. The van der Waals surface area contributed by atoms with Crippen molar-refractivity contribution in [1.29, 1.82) is 0 Å². The van der Waals surface area contributed by atoms with Gasteiger partial charge in [0.15, 0.2) is 5.96 Å². The van der Waals surface area contributed by atoms with Crippen LogP contribution in [0.2, 0.25) is 0 Å². The molecule has 0 aromatic carbocycles. The van der Waals surface area contributed by atoms with Crippen molar-refractivity contribution < 1.29 is 14.2 Å². The number of ether oxygens (including phenoxy) is 3. The third kappa shape index (κ3) is 6.29. The fourth-order valence-corrected chi connectivity index (χ4v) is 3.92. The molecule has 0 aromatic rings. The van der Waals surface area contributed by atoms with E-state index in [1.165, 1.54) is 0 Å². The fourth-order valence-electron chi connectivity index (χ4n) is 3.92. The van der Waals surface area contributed by atoms with Crippen LogP contribution in [-0.2, 0) is 14.2 Å². The summed E-state index contributed by atoms with van der Waals surface area (Å²) in [5.74, 6) is 0.674. The Morgan fingerprint density at radius 1 is 1.43 bits per heavy atom. The second kappa shape index (κ2) is 11.5. The molecule has 5 atom stereocenters. The molecule has 1 fully saturated rings. The predicted molar refractivity (Wildman–Crippen MR) is 118 cm³/mol. The molecule has 30 heavy (non-hydrogen) atoms. The lowest BCUT2D eigenvalue weighted by molar-refractivity contribution is -0.0424. The van der Waals surface area contributed by atoms with Crippen molar-refractivity contribution in [2.75, 3.05) is 53.8 Å². The van der Waals surface area contributed by atoms with E-state index in [9.17, 15) is 0 Å². The molecule has 0 aromatic heterocycles. The summed E-state index contributed by atoms with van der Waals surface area (Å²) < 4.78 is 17.0. The van der Waals surface area contributed by atoms with Gasteiger partial charge < -0.3 is 30.6 Å². The van der Waals surface area contributed by atoms with E-state index in [2.05, 4.69) is 44.6 Å². The molecule has 2 heterocycles. The first-order valence-electron chi connectivity index (χ1n) is 10.6. The zero-order valence-corrected chi connectivity index (χ0v) is 18.0. The van der Waals surface area contributed by atoms with Crippen molar-refractivity contribution in [3.8, 4) is 0 Å². The smallest absolute Gasteiger partial charge is 0.190 e. The van der Waals surface area contributed by atoms with Gasteiger partial charge in [-0.05, 0) is 31.3 Å². The van der Waals surface area contributed by atoms with Gasteiger partial charge in [-0.2, -0.15) is 0 Å². The molecule has 0 radical (unpaired) electrons. The van der Waals surface area contributed by atoms with E-state index in [4.69, 9.17) is 19.9 Å². The monoisotopic (exact) mass is 420 g/mol. The Bertz CT molecular complexity index is 647. The Hall–Kier alpha value is -1.91. The van der Waals surface area contributed by atoms with Crippen LogP contribution in [0, 0.1) is 5.92 Å². The Morgan fingerprint density at radius 2 is 2.23 bits per heavy atom. The van der Waals surface area contributed by atoms with Crippen LogP contribution in [0.15, 0.2) is 41.6 Å². The zero-order chi connectivity index (χ0) is 21.3. The third-order valence-corrected chi connectivity index (χ3v) is 5.72. The maximum atomic E-state index is 6.20. The summed E-state index contributed by atoms with van der Waals surface area (Å²) in [5.41, 5.74) is 7.19. The molecular weight excluding hydrogens is 384 g/mol. The zero-order valence-electron chi connectivity index (χ0n) is 18.0. The van der Waals surface area contributed by atoms with E-state index >= 15 is 0 Å². The number of rotatable bonds is 9. The molecule has 5 N–H and O–H groups in total. The number of methoxy groups -OCH3 is 1. The SMILES string of the molecule is C=C1C=CNC1C(NC)NC(N)=NC1C=C[C@@H](COCN2CCOCC2)C[C@H]1OC. The van der Waals surface area contributed by atoms with Crippen LogP contribution in [0.25, 0.3) is 0 Å². The van der Waals surface area contributed by atoms with Crippen LogP contribution >= 0.6 is 0 Å². The van der Waals surface area contributed by atoms with Gasteiger partial charge in [0.05, 0.1) is 44.7 Å². The van der Waals surface area contributed by atoms with Crippen molar-refractivity contribution in [1.82, 2.24) is 20.9 Å². The van der Waals surface area contributed by atoms with Gasteiger partial charge in [-0.15, -0.1) is 0 Å². The Morgan fingerprint density at radius 3 is 2.90 bits per heavy atom. The summed E-state index contributed by atoms with van der Waals surface area (Å²) >= 11 is 0. The van der Waals surface area contributed by atoms with Gasteiger partial charge in [-0.25, -0.2) is 4.99 Å². The number of nitrogens with two attached hydrogens (primary N) is 1. The minimum atomic E-state index is -0.131. The molecular formula is C21H36N6O3. The molecule has 0 amide bonds. The van der Waals surface area contributed by atoms with E-state index in [0.717, 1.165) is 38.3 Å². The van der Waals surface area contributed by atoms with Gasteiger partial charge in [0.1, 0.15) is 6.17 Å². The summed E-state index contributed by atoms with van der Waals surface area (Å²) in [5, 5.41) is 9.71. The Kier molecular flexibility index (Phi) is 8.71. The average molecular weight is 421 g/mol. The van der Waals surface area contributed by atoms with Gasteiger partial charge in [-0.1, -0.05) is 18.7 Å². The Balaban J connectivity index is 1.49. The van der Waals surface area contributed by atoms with E-state index in [0.29, 0.717) is 25.2 Å². The predicted octanol–water partition coefficient (Wildman–Crippen LogP) is -0.256. The number of morpholine rings is 1. The van der Waals surface area contributed by atoms with Gasteiger partial charge >= 0.3 is 0 Å². The minimum absolute atomic E-state index is 0.0249. The van der Waals surface area contributed by atoms with E-state index in [-0.39, 0.29) is 24.4 Å². The summed E-state index contributed by atoms with van der Waals surface area (Å²) in [6.45, 7) is 8.78. The normalized spacial score (nSPS) is 31.0. The largest absolute Gasteiger partial charge is 0.381 e. The molecule has 1 saturated heterocycles. The third-order valence-electron chi connectivity index (χ3n) is 5.72. The van der Waals surface area contributed by atoms with Crippen molar-refractivity contribution in [3.05, 3.63) is 36.6 Å². The van der Waals surface area contributed by atoms with E-state index in [1.807, 2.05) is 19.3 Å². The van der Waals surface area contributed by atoms with Gasteiger partial charge in [0, 0.05) is 26.1 Å². The number of hydrogen-bond acceptors (Lipinski definition) is 7. The highest BCUT2D eigenvalue weighted by Crippen LogP contribution is 2.23. The second-order valence-electron chi connectivity index (χ2n) is 7.85. The highest BCUT2D eigenvalue weighted by Gasteiger charge is 2.28. The molecule has 0 saturated carbocycles. The van der Waals surface area contributed by atoms with Crippen molar-refractivity contribution in [2.24, 2.45) is 16.6 Å². The molecule has 9 heteroatoms. The fraction of sp³-hybridized carbons (Fsp3) is 0.667. The Labute approximate surface area is 179 Å².